The summed E-state index contributed by atoms with van der Waals surface area (Å²) in [6.45, 7) is 2.04. The molecular formula is C14H16ClNS. The maximum Gasteiger partial charge on any atom is 0.0928 e. The average Bonchev–Trinajstić information content (AvgIpc) is 2.76. The van der Waals surface area contributed by atoms with Crippen LogP contribution in [0.15, 0.2) is 35.7 Å². The predicted octanol–water partition coefficient (Wildman–Crippen LogP) is 4.75. The second kappa shape index (κ2) is 6.18. The zero-order valence-corrected chi connectivity index (χ0v) is 11.5. The lowest BCUT2D eigenvalue weighted by Crippen LogP contribution is -1.92. The number of aromatic nitrogens is 1. The van der Waals surface area contributed by atoms with Crippen molar-refractivity contribution >= 4 is 22.9 Å². The fourth-order valence-corrected chi connectivity index (χ4v) is 2.90. The van der Waals surface area contributed by atoms with E-state index in [4.69, 9.17) is 11.6 Å². The van der Waals surface area contributed by atoms with Gasteiger partial charge in [0.15, 0.2) is 0 Å². The Morgan fingerprint density at radius 1 is 1.29 bits per heavy atom. The van der Waals surface area contributed by atoms with Crippen molar-refractivity contribution in [1.29, 1.82) is 0 Å². The zero-order valence-electron chi connectivity index (χ0n) is 9.90. The van der Waals surface area contributed by atoms with E-state index in [0.29, 0.717) is 0 Å². The molecule has 2 rings (SSSR count). The minimum Gasteiger partial charge on any atom is -0.247 e. The van der Waals surface area contributed by atoms with E-state index in [0.717, 1.165) is 25.0 Å². The van der Waals surface area contributed by atoms with Crippen molar-refractivity contribution in [2.75, 3.05) is 0 Å². The van der Waals surface area contributed by atoms with Crippen LogP contribution in [-0.2, 0) is 6.42 Å². The Kier molecular flexibility index (Phi) is 4.57. The van der Waals surface area contributed by atoms with Gasteiger partial charge in [-0.3, -0.25) is 0 Å². The second-order valence-electron chi connectivity index (χ2n) is 4.15. The lowest BCUT2D eigenvalue weighted by atomic mass is 10.1. The summed E-state index contributed by atoms with van der Waals surface area (Å²) in [5.74, 6) is 0. The minimum atomic E-state index is 0.122. The van der Waals surface area contributed by atoms with Crippen molar-refractivity contribution in [3.05, 3.63) is 52.0 Å². The van der Waals surface area contributed by atoms with Crippen LogP contribution in [0.4, 0.5) is 0 Å². The summed E-state index contributed by atoms with van der Waals surface area (Å²) in [6.07, 6.45) is 3.13. The molecule has 17 heavy (non-hydrogen) atoms. The molecule has 1 unspecified atom stereocenters. The molecule has 0 bridgehead atoms. The Labute approximate surface area is 111 Å². The van der Waals surface area contributed by atoms with E-state index in [9.17, 15) is 0 Å². The number of aryl methyl sites for hydroxylation is 2. The summed E-state index contributed by atoms with van der Waals surface area (Å²) >= 11 is 8.10. The first-order valence-corrected chi connectivity index (χ1v) is 7.17. The van der Waals surface area contributed by atoms with Gasteiger partial charge in [0.2, 0.25) is 0 Å². The Morgan fingerprint density at radius 3 is 2.71 bits per heavy atom. The fraction of sp³-hybridized carbons (Fsp3) is 0.357. The van der Waals surface area contributed by atoms with Gasteiger partial charge in [0.25, 0.3) is 0 Å². The molecule has 0 aliphatic rings. The summed E-state index contributed by atoms with van der Waals surface area (Å²) in [5, 5.41) is 3.45. The molecule has 1 nitrogen and oxygen atoms in total. The van der Waals surface area contributed by atoms with Crippen molar-refractivity contribution in [2.45, 2.75) is 31.6 Å². The molecule has 0 radical (unpaired) electrons. The van der Waals surface area contributed by atoms with Gasteiger partial charge in [-0.1, -0.05) is 30.3 Å². The molecule has 0 N–H and O–H groups in total. The molecule has 1 aromatic carbocycles. The number of rotatable bonds is 5. The minimum absolute atomic E-state index is 0.122. The number of alkyl halides is 1. The molecule has 0 spiro atoms. The van der Waals surface area contributed by atoms with Crippen LogP contribution in [0.1, 0.15) is 34.5 Å². The van der Waals surface area contributed by atoms with Crippen LogP contribution < -0.4 is 0 Å². The number of nitrogens with zero attached hydrogens (tertiary/aromatic N) is 1. The van der Waals surface area contributed by atoms with Crippen molar-refractivity contribution in [3.63, 3.8) is 0 Å². The van der Waals surface area contributed by atoms with Gasteiger partial charge in [0.1, 0.15) is 0 Å². The van der Waals surface area contributed by atoms with E-state index in [-0.39, 0.29) is 5.38 Å². The molecule has 0 aliphatic carbocycles. The number of hydrogen-bond acceptors (Lipinski definition) is 2. The Hall–Kier alpha value is -0.860. The Bertz CT molecular complexity index is 452. The third kappa shape index (κ3) is 3.83. The normalized spacial score (nSPS) is 12.6. The number of hydrogen-bond donors (Lipinski definition) is 0. The average molecular weight is 266 g/mol. The van der Waals surface area contributed by atoms with Crippen molar-refractivity contribution in [3.8, 4) is 0 Å². The molecule has 3 heteroatoms. The smallest absolute Gasteiger partial charge is 0.0928 e. The van der Waals surface area contributed by atoms with Crippen LogP contribution in [0.2, 0.25) is 0 Å². The Morgan fingerprint density at radius 2 is 2.06 bits per heavy atom. The van der Waals surface area contributed by atoms with Crippen LogP contribution in [0.25, 0.3) is 0 Å². The lowest BCUT2D eigenvalue weighted by molar-refractivity contribution is 0.713. The SMILES string of the molecule is Cc1csc(CCCC(Cl)c2ccccc2)n1. The van der Waals surface area contributed by atoms with E-state index in [1.165, 1.54) is 10.6 Å². The van der Waals surface area contributed by atoms with Crippen LogP contribution in [-0.4, -0.2) is 4.98 Å². The quantitative estimate of drug-likeness (QED) is 0.711. The second-order valence-corrected chi connectivity index (χ2v) is 5.62. The molecule has 1 heterocycles. The fourth-order valence-electron chi connectivity index (χ4n) is 1.78. The maximum atomic E-state index is 6.36. The van der Waals surface area contributed by atoms with Crippen LogP contribution in [0, 0.1) is 6.92 Å². The topological polar surface area (TPSA) is 12.9 Å². The van der Waals surface area contributed by atoms with Gasteiger partial charge in [-0.2, -0.15) is 0 Å². The molecule has 1 aromatic heterocycles. The molecule has 1 atom stereocenters. The first-order chi connectivity index (χ1) is 8.25. The number of benzene rings is 1. The van der Waals surface area contributed by atoms with Crippen LogP contribution in [0.5, 0.6) is 0 Å². The third-order valence-corrected chi connectivity index (χ3v) is 4.17. The highest BCUT2D eigenvalue weighted by Gasteiger charge is 2.07. The largest absolute Gasteiger partial charge is 0.247 e. The first kappa shape index (κ1) is 12.6. The highest BCUT2D eigenvalue weighted by molar-refractivity contribution is 7.09. The highest BCUT2D eigenvalue weighted by Crippen LogP contribution is 2.26. The van der Waals surface area contributed by atoms with E-state index >= 15 is 0 Å². The molecular weight excluding hydrogens is 250 g/mol. The zero-order chi connectivity index (χ0) is 12.1. The van der Waals surface area contributed by atoms with Gasteiger partial charge < -0.3 is 0 Å². The molecule has 90 valence electrons. The van der Waals surface area contributed by atoms with Gasteiger partial charge >= 0.3 is 0 Å². The number of halogens is 1. The summed E-state index contributed by atoms with van der Waals surface area (Å²) in [6, 6.07) is 10.3. The standard InChI is InChI=1S/C14H16ClNS/c1-11-10-17-14(16-11)9-5-8-13(15)12-6-3-2-4-7-12/h2-4,6-7,10,13H,5,8-9H2,1H3. The van der Waals surface area contributed by atoms with Gasteiger partial charge in [-0.05, 0) is 31.7 Å². The Balaban J connectivity index is 1.79. The first-order valence-electron chi connectivity index (χ1n) is 5.86. The van der Waals surface area contributed by atoms with Gasteiger partial charge in [-0.15, -0.1) is 22.9 Å². The third-order valence-electron chi connectivity index (χ3n) is 2.68. The van der Waals surface area contributed by atoms with E-state index in [1.54, 1.807) is 11.3 Å². The van der Waals surface area contributed by atoms with Gasteiger partial charge in [0.05, 0.1) is 10.4 Å². The van der Waals surface area contributed by atoms with Crippen LogP contribution >= 0.6 is 22.9 Å². The van der Waals surface area contributed by atoms with Gasteiger partial charge in [-0.25, -0.2) is 4.98 Å². The van der Waals surface area contributed by atoms with E-state index in [2.05, 4.69) is 22.5 Å². The van der Waals surface area contributed by atoms with Crippen LogP contribution in [0.3, 0.4) is 0 Å². The molecule has 0 fully saturated rings. The van der Waals surface area contributed by atoms with Gasteiger partial charge in [0, 0.05) is 11.1 Å². The molecule has 0 saturated carbocycles. The lowest BCUT2D eigenvalue weighted by Gasteiger charge is -2.08. The molecule has 0 saturated heterocycles. The molecule has 0 aliphatic heterocycles. The maximum absolute atomic E-state index is 6.36. The summed E-state index contributed by atoms with van der Waals surface area (Å²) in [4.78, 5) is 4.46. The highest BCUT2D eigenvalue weighted by atomic mass is 35.5. The van der Waals surface area contributed by atoms with Crippen molar-refractivity contribution < 1.29 is 0 Å². The van der Waals surface area contributed by atoms with Crippen molar-refractivity contribution in [2.24, 2.45) is 0 Å². The van der Waals surface area contributed by atoms with E-state index in [1.807, 2.05) is 25.1 Å². The molecule has 2 aromatic rings. The monoisotopic (exact) mass is 265 g/mol. The number of thiazole rings is 1. The predicted molar refractivity (Wildman–Crippen MR) is 74.8 cm³/mol. The van der Waals surface area contributed by atoms with Crippen molar-refractivity contribution in [1.82, 2.24) is 4.98 Å². The van der Waals surface area contributed by atoms with E-state index < -0.39 is 0 Å². The molecule has 0 amide bonds. The summed E-state index contributed by atoms with van der Waals surface area (Å²) in [7, 11) is 0. The summed E-state index contributed by atoms with van der Waals surface area (Å²) < 4.78 is 0. The summed E-state index contributed by atoms with van der Waals surface area (Å²) in [5.41, 5.74) is 2.33.